The van der Waals surface area contributed by atoms with Crippen LogP contribution >= 0.6 is 11.6 Å². The van der Waals surface area contributed by atoms with Gasteiger partial charge in [-0.1, -0.05) is 6.07 Å². The predicted octanol–water partition coefficient (Wildman–Crippen LogP) is 1.38. The third-order valence-electron chi connectivity index (χ3n) is 2.07. The number of alkyl halides is 1. The fourth-order valence-corrected chi connectivity index (χ4v) is 1.50. The quantitative estimate of drug-likeness (QED) is 0.549. The third kappa shape index (κ3) is 2.43. The Morgan fingerprint density at radius 1 is 1.25 bits per heavy atom. The lowest BCUT2D eigenvalue weighted by atomic mass is 9.97. The summed E-state index contributed by atoms with van der Waals surface area (Å²) in [6, 6.07) is 3.75. The Labute approximate surface area is 95.9 Å². The SMILES string of the molecule is O=C(O)C(C(=O)O)c1ccc(O)c(CCl)c1. The van der Waals surface area contributed by atoms with Gasteiger partial charge in [0.05, 0.1) is 5.88 Å². The second-order valence-corrected chi connectivity index (χ2v) is 3.40. The molecule has 0 aliphatic rings. The number of benzene rings is 1. The van der Waals surface area contributed by atoms with Crippen molar-refractivity contribution in [2.75, 3.05) is 0 Å². The number of aromatic hydroxyl groups is 1. The highest BCUT2D eigenvalue weighted by atomic mass is 35.5. The van der Waals surface area contributed by atoms with Crippen LogP contribution in [0.2, 0.25) is 0 Å². The van der Waals surface area contributed by atoms with Gasteiger partial charge in [-0.05, 0) is 17.7 Å². The molecule has 0 saturated heterocycles. The number of carbonyl (C=O) groups is 2. The molecule has 86 valence electrons. The average Bonchev–Trinajstić information content (AvgIpc) is 2.19. The Bertz CT molecular complexity index is 415. The Hall–Kier alpha value is -1.75. The van der Waals surface area contributed by atoms with Gasteiger partial charge in [0.1, 0.15) is 5.75 Å². The van der Waals surface area contributed by atoms with E-state index in [0.717, 1.165) is 0 Å². The molecule has 0 unspecified atom stereocenters. The number of phenols is 1. The second-order valence-electron chi connectivity index (χ2n) is 3.13. The van der Waals surface area contributed by atoms with E-state index >= 15 is 0 Å². The van der Waals surface area contributed by atoms with Crippen molar-refractivity contribution in [3.63, 3.8) is 0 Å². The van der Waals surface area contributed by atoms with Crippen molar-refractivity contribution in [3.05, 3.63) is 29.3 Å². The normalized spacial score (nSPS) is 10.4. The summed E-state index contributed by atoms with van der Waals surface area (Å²) < 4.78 is 0. The minimum absolute atomic E-state index is 0.0222. The monoisotopic (exact) mass is 244 g/mol. The molecule has 0 atom stereocenters. The zero-order valence-corrected chi connectivity index (χ0v) is 8.81. The van der Waals surface area contributed by atoms with Gasteiger partial charge in [0, 0.05) is 5.56 Å². The van der Waals surface area contributed by atoms with Crippen molar-refractivity contribution < 1.29 is 24.9 Å². The van der Waals surface area contributed by atoms with Crippen molar-refractivity contribution >= 4 is 23.5 Å². The van der Waals surface area contributed by atoms with Crippen LogP contribution in [-0.2, 0) is 15.5 Å². The van der Waals surface area contributed by atoms with E-state index in [1.165, 1.54) is 18.2 Å². The van der Waals surface area contributed by atoms with Gasteiger partial charge >= 0.3 is 11.9 Å². The molecular weight excluding hydrogens is 236 g/mol. The molecule has 0 spiro atoms. The highest BCUT2D eigenvalue weighted by Crippen LogP contribution is 2.25. The molecule has 1 rings (SSSR count). The number of phenolic OH excluding ortho intramolecular Hbond substituents is 1. The molecule has 16 heavy (non-hydrogen) atoms. The van der Waals surface area contributed by atoms with Gasteiger partial charge < -0.3 is 15.3 Å². The summed E-state index contributed by atoms with van der Waals surface area (Å²) in [5, 5.41) is 26.8. The molecule has 0 bridgehead atoms. The van der Waals surface area contributed by atoms with Gasteiger partial charge in [0.25, 0.3) is 0 Å². The summed E-state index contributed by atoms with van der Waals surface area (Å²) >= 11 is 5.51. The van der Waals surface area contributed by atoms with Gasteiger partial charge in [-0.25, -0.2) is 0 Å². The van der Waals surface area contributed by atoms with Crippen LogP contribution in [0.3, 0.4) is 0 Å². The summed E-state index contributed by atoms with van der Waals surface area (Å²) in [4.78, 5) is 21.5. The Balaban J connectivity index is 3.20. The predicted molar refractivity (Wildman–Crippen MR) is 55.7 cm³/mol. The maximum Gasteiger partial charge on any atom is 0.322 e. The van der Waals surface area contributed by atoms with Crippen LogP contribution in [0.15, 0.2) is 18.2 Å². The molecule has 1 aromatic rings. The standard InChI is InChI=1S/C10H9ClO5/c11-4-6-3-5(1-2-7(6)12)8(9(13)14)10(15)16/h1-3,8,12H,4H2,(H,13,14)(H,15,16). The Kier molecular flexibility index (Phi) is 3.73. The molecule has 0 amide bonds. The smallest absolute Gasteiger partial charge is 0.322 e. The number of hydrogen-bond donors (Lipinski definition) is 3. The highest BCUT2D eigenvalue weighted by molar-refractivity contribution is 6.17. The first-order valence-corrected chi connectivity index (χ1v) is 4.84. The lowest BCUT2D eigenvalue weighted by Gasteiger charge is -2.09. The van der Waals surface area contributed by atoms with E-state index in [-0.39, 0.29) is 17.2 Å². The van der Waals surface area contributed by atoms with Crippen molar-refractivity contribution in [1.29, 1.82) is 0 Å². The summed E-state index contributed by atoms with van der Waals surface area (Å²) in [6.07, 6.45) is 0. The first-order chi connectivity index (χ1) is 7.47. The van der Waals surface area contributed by atoms with Crippen molar-refractivity contribution in [2.24, 2.45) is 0 Å². The number of carboxylic acid groups (broad SMARTS) is 2. The molecule has 0 aliphatic heterocycles. The lowest BCUT2D eigenvalue weighted by Crippen LogP contribution is -2.21. The minimum Gasteiger partial charge on any atom is -0.508 e. The van der Waals surface area contributed by atoms with Crippen LogP contribution < -0.4 is 0 Å². The Morgan fingerprint density at radius 2 is 1.81 bits per heavy atom. The van der Waals surface area contributed by atoms with Crippen molar-refractivity contribution in [3.8, 4) is 5.75 Å². The van der Waals surface area contributed by atoms with Crippen molar-refractivity contribution in [2.45, 2.75) is 11.8 Å². The summed E-state index contributed by atoms with van der Waals surface area (Å²) in [7, 11) is 0. The second kappa shape index (κ2) is 4.85. The number of halogens is 1. The van der Waals surface area contributed by atoms with Gasteiger partial charge in [-0.3, -0.25) is 9.59 Å². The Morgan fingerprint density at radius 3 is 2.25 bits per heavy atom. The van der Waals surface area contributed by atoms with E-state index in [2.05, 4.69) is 0 Å². The van der Waals surface area contributed by atoms with Crippen LogP contribution in [0.4, 0.5) is 0 Å². The van der Waals surface area contributed by atoms with Crippen LogP contribution in [-0.4, -0.2) is 27.3 Å². The van der Waals surface area contributed by atoms with E-state index in [1.54, 1.807) is 0 Å². The first kappa shape index (κ1) is 12.3. The fraction of sp³-hybridized carbons (Fsp3) is 0.200. The fourth-order valence-electron chi connectivity index (χ4n) is 1.28. The first-order valence-electron chi connectivity index (χ1n) is 4.30. The maximum atomic E-state index is 10.7. The van der Waals surface area contributed by atoms with Gasteiger partial charge in [0.2, 0.25) is 0 Å². The third-order valence-corrected chi connectivity index (χ3v) is 2.36. The molecule has 0 aliphatic carbocycles. The molecule has 5 nitrogen and oxygen atoms in total. The molecule has 0 heterocycles. The molecule has 0 radical (unpaired) electrons. The molecule has 0 saturated carbocycles. The van der Waals surface area contributed by atoms with E-state index in [0.29, 0.717) is 5.56 Å². The lowest BCUT2D eigenvalue weighted by molar-refractivity contribution is -0.150. The van der Waals surface area contributed by atoms with E-state index in [9.17, 15) is 14.7 Å². The maximum absolute atomic E-state index is 10.7. The van der Waals surface area contributed by atoms with Gasteiger partial charge in [-0.15, -0.1) is 11.6 Å². The van der Waals surface area contributed by atoms with Crippen LogP contribution in [0.1, 0.15) is 17.0 Å². The highest BCUT2D eigenvalue weighted by Gasteiger charge is 2.28. The number of hydrogen-bond acceptors (Lipinski definition) is 3. The van der Waals surface area contributed by atoms with Crippen molar-refractivity contribution in [1.82, 2.24) is 0 Å². The van der Waals surface area contributed by atoms with E-state index in [1.807, 2.05) is 0 Å². The summed E-state index contributed by atoms with van der Waals surface area (Å²) in [5.74, 6) is -4.68. The largest absolute Gasteiger partial charge is 0.508 e. The van der Waals surface area contributed by atoms with Gasteiger partial charge in [-0.2, -0.15) is 0 Å². The molecule has 0 aromatic heterocycles. The molecule has 6 heteroatoms. The van der Waals surface area contributed by atoms with E-state index in [4.69, 9.17) is 21.8 Å². The summed E-state index contributed by atoms with van der Waals surface area (Å²) in [5.41, 5.74) is 0.375. The number of carboxylic acids is 2. The molecular formula is C10H9ClO5. The minimum atomic E-state index is -1.65. The van der Waals surface area contributed by atoms with Crippen LogP contribution in [0.25, 0.3) is 0 Å². The van der Waals surface area contributed by atoms with Gasteiger partial charge in [0.15, 0.2) is 5.92 Å². The van der Waals surface area contributed by atoms with Crippen LogP contribution in [0.5, 0.6) is 5.75 Å². The van der Waals surface area contributed by atoms with E-state index < -0.39 is 17.9 Å². The average molecular weight is 245 g/mol. The molecule has 0 fully saturated rings. The summed E-state index contributed by atoms with van der Waals surface area (Å²) in [6.45, 7) is 0. The number of rotatable bonds is 4. The zero-order chi connectivity index (χ0) is 12.3. The molecule has 3 N–H and O–H groups in total. The van der Waals surface area contributed by atoms with Crippen LogP contribution in [0, 0.1) is 0 Å². The topological polar surface area (TPSA) is 94.8 Å². The zero-order valence-electron chi connectivity index (χ0n) is 8.05. The molecule has 1 aromatic carbocycles. The number of aliphatic carboxylic acids is 2.